The quantitative estimate of drug-likeness (QED) is 0.589. The minimum absolute atomic E-state index is 0.0932. The number of benzene rings is 1. The maximum atomic E-state index is 12.2. The molecular weight excluding hydrogens is 352 g/mol. The van der Waals surface area contributed by atoms with E-state index in [1.54, 1.807) is 6.20 Å². The first kappa shape index (κ1) is 18.4. The van der Waals surface area contributed by atoms with Crippen molar-refractivity contribution in [2.75, 3.05) is 26.7 Å². The van der Waals surface area contributed by atoms with Crippen LogP contribution in [0.3, 0.4) is 0 Å². The lowest BCUT2D eigenvalue weighted by Gasteiger charge is -2.34. The first-order valence-corrected chi connectivity index (χ1v) is 8.42. The number of aromatic nitrogens is 1. The molecule has 1 aliphatic heterocycles. The zero-order valence-corrected chi connectivity index (χ0v) is 14.7. The van der Waals surface area contributed by atoms with E-state index >= 15 is 0 Å². The molecule has 0 radical (unpaired) electrons. The van der Waals surface area contributed by atoms with E-state index < -0.39 is 17.9 Å². The lowest BCUT2D eigenvalue weighted by Crippen LogP contribution is -2.54. The number of nitrogens with zero attached hydrogens (tertiary/aromatic N) is 2. The number of aromatic amines is 1. The number of aliphatic carboxylic acids is 1. The van der Waals surface area contributed by atoms with Gasteiger partial charge >= 0.3 is 5.97 Å². The number of piperazine rings is 1. The van der Waals surface area contributed by atoms with Gasteiger partial charge in [0.25, 0.3) is 0 Å². The van der Waals surface area contributed by atoms with Crippen LogP contribution in [0.15, 0.2) is 30.5 Å². The number of carboxylic acids is 1. The molecule has 3 amide bonds. The average Bonchev–Trinajstić information content (AvgIpc) is 3.06. The van der Waals surface area contributed by atoms with Crippen molar-refractivity contribution in [2.24, 2.45) is 5.92 Å². The van der Waals surface area contributed by atoms with Gasteiger partial charge in [0.15, 0.2) is 0 Å². The lowest BCUT2D eigenvalue weighted by atomic mass is 9.92. The Morgan fingerprint density at radius 3 is 2.74 bits per heavy atom. The zero-order valence-electron chi connectivity index (χ0n) is 14.7. The summed E-state index contributed by atoms with van der Waals surface area (Å²) in [6, 6.07) is 6.46. The van der Waals surface area contributed by atoms with E-state index in [-0.39, 0.29) is 31.4 Å². The highest BCUT2D eigenvalue weighted by atomic mass is 16.4. The molecule has 3 N–H and O–H groups in total. The smallest absolute Gasteiger partial charge is 0.310 e. The van der Waals surface area contributed by atoms with Crippen molar-refractivity contribution in [3.8, 4) is 0 Å². The molecule has 0 spiro atoms. The third-order valence-electron chi connectivity index (χ3n) is 4.82. The monoisotopic (exact) mass is 372 g/mol. The molecule has 1 aromatic heterocycles. The summed E-state index contributed by atoms with van der Waals surface area (Å²) in [6.45, 7) is -0.455. The van der Waals surface area contributed by atoms with E-state index in [1.807, 2.05) is 24.3 Å². The molecule has 3 rings (SSSR count). The van der Waals surface area contributed by atoms with E-state index in [9.17, 15) is 24.3 Å². The van der Waals surface area contributed by atoms with Gasteiger partial charge in [-0.05, 0) is 6.07 Å². The summed E-state index contributed by atoms with van der Waals surface area (Å²) in [4.78, 5) is 52.9. The van der Waals surface area contributed by atoms with Gasteiger partial charge in [-0.3, -0.25) is 19.2 Å². The number of rotatable bonds is 7. The molecule has 2 aromatic rings. The molecule has 1 aliphatic rings. The van der Waals surface area contributed by atoms with Crippen LogP contribution in [-0.2, 0) is 19.2 Å². The van der Waals surface area contributed by atoms with Crippen LogP contribution in [0.4, 0.5) is 0 Å². The number of carboxylic acid groups (broad SMARTS) is 1. The summed E-state index contributed by atoms with van der Waals surface area (Å²) in [5.74, 6) is -2.87. The van der Waals surface area contributed by atoms with Crippen molar-refractivity contribution < 1.29 is 24.3 Å². The van der Waals surface area contributed by atoms with Crippen LogP contribution in [0, 0.1) is 5.92 Å². The van der Waals surface area contributed by atoms with Crippen LogP contribution in [0.1, 0.15) is 11.6 Å². The molecule has 1 aromatic carbocycles. The van der Waals surface area contributed by atoms with Gasteiger partial charge in [0.2, 0.25) is 18.2 Å². The highest BCUT2D eigenvalue weighted by molar-refractivity contribution is 5.92. The molecule has 0 aliphatic carbocycles. The summed E-state index contributed by atoms with van der Waals surface area (Å²) in [5.41, 5.74) is 1.41. The second kappa shape index (κ2) is 7.48. The minimum atomic E-state index is -1.17. The fourth-order valence-corrected chi connectivity index (χ4v) is 3.34. The number of amides is 3. The Morgan fingerprint density at radius 2 is 2.04 bits per heavy atom. The Hall–Kier alpha value is -3.36. The standard InChI is InChI=1S/C18H20N4O5/c1-21-8-16(25)22(9-15(21)24)7-13(18(26)27)17(20-10-23)12-6-19-14-5-3-2-4-11(12)14/h2-6,10,13,17,19H,7-9H2,1H3,(H,20,23)(H,26,27). The minimum Gasteiger partial charge on any atom is -0.481 e. The van der Waals surface area contributed by atoms with E-state index in [0.29, 0.717) is 12.0 Å². The van der Waals surface area contributed by atoms with E-state index in [2.05, 4.69) is 10.3 Å². The summed E-state index contributed by atoms with van der Waals surface area (Å²) in [6.07, 6.45) is 2.10. The molecule has 0 bridgehead atoms. The number of carbonyl (C=O) groups excluding carboxylic acids is 3. The predicted molar refractivity (Wildman–Crippen MR) is 95.6 cm³/mol. The van der Waals surface area contributed by atoms with Crippen molar-refractivity contribution in [3.05, 3.63) is 36.0 Å². The third kappa shape index (κ3) is 3.62. The molecule has 142 valence electrons. The molecule has 9 heteroatoms. The van der Waals surface area contributed by atoms with Crippen molar-refractivity contribution in [1.82, 2.24) is 20.1 Å². The topological polar surface area (TPSA) is 123 Å². The maximum Gasteiger partial charge on any atom is 0.310 e. The number of likely N-dealkylation sites (N-methyl/N-ethyl adjacent to an activating group) is 1. The number of fused-ring (bicyclic) bond motifs is 1. The van der Waals surface area contributed by atoms with Gasteiger partial charge in [-0.2, -0.15) is 0 Å². The van der Waals surface area contributed by atoms with Crippen molar-refractivity contribution in [3.63, 3.8) is 0 Å². The van der Waals surface area contributed by atoms with Gasteiger partial charge in [-0.25, -0.2) is 0 Å². The Kier molecular flexibility index (Phi) is 5.11. The van der Waals surface area contributed by atoms with Gasteiger partial charge in [0.1, 0.15) is 0 Å². The average molecular weight is 372 g/mol. The van der Waals surface area contributed by atoms with Gasteiger partial charge in [-0.1, -0.05) is 18.2 Å². The Bertz CT molecular complexity index is 893. The van der Waals surface area contributed by atoms with Crippen LogP contribution in [0.2, 0.25) is 0 Å². The predicted octanol–water partition coefficient (Wildman–Crippen LogP) is -0.0436. The van der Waals surface area contributed by atoms with Crippen LogP contribution >= 0.6 is 0 Å². The van der Waals surface area contributed by atoms with Crippen molar-refractivity contribution in [1.29, 1.82) is 0 Å². The first-order valence-electron chi connectivity index (χ1n) is 8.42. The molecule has 0 saturated carbocycles. The number of H-pyrrole nitrogens is 1. The number of carbonyl (C=O) groups is 4. The maximum absolute atomic E-state index is 12.2. The Balaban J connectivity index is 1.93. The summed E-state index contributed by atoms with van der Waals surface area (Å²) < 4.78 is 0. The van der Waals surface area contributed by atoms with Gasteiger partial charge in [-0.15, -0.1) is 0 Å². The molecule has 27 heavy (non-hydrogen) atoms. The molecular formula is C18H20N4O5. The second-order valence-corrected chi connectivity index (χ2v) is 6.52. The van der Waals surface area contributed by atoms with E-state index in [4.69, 9.17) is 0 Å². The number of hydrogen-bond acceptors (Lipinski definition) is 4. The third-order valence-corrected chi connectivity index (χ3v) is 4.82. The largest absolute Gasteiger partial charge is 0.481 e. The molecule has 1 saturated heterocycles. The van der Waals surface area contributed by atoms with Crippen LogP contribution < -0.4 is 5.32 Å². The summed E-state index contributed by atoms with van der Waals surface area (Å²) in [7, 11) is 1.52. The van der Waals surface area contributed by atoms with Crippen LogP contribution in [-0.4, -0.2) is 70.8 Å². The lowest BCUT2D eigenvalue weighted by molar-refractivity contribution is -0.152. The zero-order chi connectivity index (χ0) is 19.6. The molecule has 9 nitrogen and oxygen atoms in total. The summed E-state index contributed by atoms with van der Waals surface area (Å²) in [5, 5.41) is 13.1. The second-order valence-electron chi connectivity index (χ2n) is 6.52. The van der Waals surface area contributed by atoms with Gasteiger partial charge in [0, 0.05) is 36.3 Å². The molecule has 2 unspecified atom stereocenters. The SMILES string of the molecule is CN1CC(=O)N(CC(C(=O)O)C(NC=O)c2c[nH]c3ccccc23)CC1=O. The highest BCUT2D eigenvalue weighted by Crippen LogP contribution is 2.30. The fourth-order valence-electron chi connectivity index (χ4n) is 3.34. The molecule has 2 atom stereocenters. The van der Waals surface area contributed by atoms with Crippen molar-refractivity contribution in [2.45, 2.75) is 6.04 Å². The van der Waals surface area contributed by atoms with Crippen molar-refractivity contribution >= 4 is 35.1 Å². The number of nitrogens with one attached hydrogen (secondary N) is 2. The summed E-state index contributed by atoms with van der Waals surface area (Å²) >= 11 is 0. The number of hydrogen-bond donors (Lipinski definition) is 3. The van der Waals surface area contributed by atoms with Crippen LogP contribution in [0.5, 0.6) is 0 Å². The number of para-hydroxylation sites is 1. The van der Waals surface area contributed by atoms with Crippen LogP contribution in [0.25, 0.3) is 10.9 Å². The Morgan fingerprint density at radius 1 is 1.30 bits per heavy atom. The highest BCUT2D eigenvalue weighted by Gasteiger charge is 2.36. The van der Waals surface area contributed by atoms with E-state index in [1.165, 1.54) is 16.8 Å². The van der Waals surface area contributed by atoms with Gasteiger partial charge in [0.05, 0.1) is 25.0 Å². The van der Waals surface area contributed by atoms with Gasteiger partial charge < -0.3 is 25.2 Å². The fraction of sp³-hybridized carbons (Fsp3) is 0.333. The van der Waals surface area contributed by atoms with E-state index in [0.717, 1.165) is 10.9 Å². The first-order chi connectivity index (χ1) is 12.9. The molecule has 1 fully saturated rings. The normalized spacial score (nSPS) is 17.1. The Labute approximate surface area is 154 Å². The molecule has 2 heterocycles.